The molecule has 1 aliphatic carbocycles. The molecule has 1 aromatic rings. The van der Waals surface area contributed by atoms with E-state index in [-0.39, 0.29) is 24.7 Å². The highest BCUT2D eigenvalue weighted by molar-refractivity contribution is 5.97. The SMILES string of the molecule is C=CC(=O)Nc1ncc(OC)c(/C=C/C2CCC(F)(F)CC2)n1. The van der Waals surface area contributed by atoms with Crippen LogP contribution in [0.15, 0.2) is 24.9 Å². The van der Waals surface area contributed by atoms with E-state index in [1.165, 1.54) is 13.3 Å². The van der Waals surface area contributed by atoms with Gasteiger partial charge in [0.25, 0.3) is 0 Å². The van der Waals surface area contributed by atoms with Gasteiger partial charge in [-0.15, -0.1) is 0 Å². The number of alkyl halides is 2. The van der Waals surface area contributed by atoms with Crippen molar-refractivity contribution in [3.05, 3.63) is 30.6 Å². The van der Waals surface area contributed by atoms with Gasteiger partial charge in [-0.05, 0) is 30.9 Å². The largest absolute Gasteiger partial charge is 0.493 e. The standard InChI is InChI=1S/C16H19F2N3O2/c1-3-14(22)21-15-19-10-13(23-2)12(20-15)5-4-11-6-8-16(17,18)9-7-11/h3-5,10-11H,1,6-9H2,2H3,(H,19,20,21,22)/b5-4+. The van der Waals surface area contributed by atoms with Gasteiger partial charge in [-0.1, -0.05) is 12.7 Å². The second-order valence-corrected chi connectivity index (χ2v) is 5.39. The highest BCUT2D eigenvalue weighted by Gasteiger charge is 2.33. The minimum atomic E-state index is -2.54. The minimum absolute atomic E-state index is 0.0838. The lowest BCUT2D eigenvalue weighted by atomic mass is 9.86. The Bertz CT molecular complexity index is 607. The van der Waals surface area contributed by atoms with Crippen molar-refractivity contribution in [2.24, 2.45) is 5.92 Å². The first-order chi connectivity index (χ1) is 10.9. The number of anilines is 1. The predicted molar refractivity (Wildman–Crippen MR) is 83.3 cm³/mol. The highest BCUT2D eigenvalue weighted by Crippen LogP contribution is 2.37. The number of nitrogens with one attached hydrogen (secondary N) is 1. The van der Waals surface area contributed by atoms with Crippen LogP contribution in [0.2, 0.25) is 0 Å². The predicted octanol–water partition coefficient (Wildman–Crippen LogP) is 3.45. The van der Waals surface area contributed by atoms with Crippen molar-refractivity contribution in [2.45, 2.75) is 31.6 Å². The lowest BCUT2D eigenvalue weighted by molar-refractivity contribution is -0.111. The number of carbonyl (C=O) groups excluding carboxylic acids is 1. The van der Waals surface area contributed by atoms with Crippen molar-refractivity contribution in [2.75, 3.05) is 12.4 Å². The van der Waals surface area contributed by atoms with Crippen LogP contribution >= 0.6 is 0 Å². The van der Waals surface area contributed by atoms with Crippen LogP contribution in [0.3, 0.4) is 0 Å². The molecule has 1 fully saturated rings. The van der Waals surface area contributed by atoms with Gasteiger partial charge in [-0.2, -0.15) is 0 Å². The van der Waals surface area contributed by atoms with Gasteiger partial charge in [0.1, 0.15) is 5.69 Å². The lowest BCUT2D eigenvalue weighted by Gasteiger charge is -2.26. The Morgan fingerprint density at radius 1 is 1.48 bits per heavy atom. The van der Waals surface area contributed by atoms with Gasteiger partial charge in [-0.3, -0.25) is 10.1 Å². The Hall–Kier alpha value is -2.31. The van der Waals surface area contributed by atoms with E-state index in [1.807, 2.05) is 6.08 Å². The minimum Gasteiger partial charge on any atom is -0.493 e. The van der Waals surface area contributed by atoms with Gasteiger partial charge in [0.2, 0.25) is 17.8 Å². The van der Waals surface area contributed by atoms with E-state index < -0.39 is 11.8 Å². The molecule has 0 aliphatic heterocycles. The molecule has 0 radical (unpaired) electrons. The molecule has 1 aromatic heterocycles. The van der Waals surface area contributed by atoms with Crippen molar-refractivity contribution in [3.8, 4) is 5.75 Å². The van der Waals surface area contributed by atoms with Crippen molar-refractivity contribution in [3.63, 3.8) is 0 Å². The molecule has 23 heavy (non-hydrogen) atoms. The van der Waals surface area contributed by atoms with E-state index in [1.54, 1.807) is 6.08 Å². The number of amides is 1. The summed E-state index contributed by atoms with van der Waals surface area (Å²) in [6, 6.07) is 0. The number of hydrogen-bond donors (Lipinski definition) is 1. The fourth-order valence-electron chi connectivity index (χ4n) is 2.36. The third-order valence-electron chi connectivity index (χ3n) is 3.71. The normalized spacial score (nSPS) is 17.9. The molecule has 0 bridgehead atoms. The number of ether oxygens (including phenoxy) is 1. The molecule has 7 heteroatoms. The zero-order chi connectivity index (χ0) is 16.9. The number of halogens is 2. The van der Waals surface area contributed by atoms with Crippen LogP contribution in [0.5, 0.6) is 5.75 Å². The average Bonchev–Trinajstić information content (AvgIpc) is 2.54. The summed E-state index contributed by atoms with van der Waals surface area (Å²) in [5.74, 6) is -2.30. The average molecular weight is 323 g/mol. The second kappa shape index (κ2) is 7.30. The maximum Gasteiger partial charge on any atom is 0.250 e. The lowest BCUT2D eigenvalue weighted by Crippen LogP contribution is -2.23. The smallest absolute Gasteiger partial charge is 0.250 e. The molecule has 0 aromatic carbocycles. The molecule has 1 amide bonds. The number of rotatable bonds is 5. The maximum absolute atomic E-state index is 13.2. The first-order valence-electron chi connectivity index (χ1n) is 7.34. The molecule has 2 rings (SSSR count). The van der Waals surface area contributed by atoms with E-state index in [9.17, 15) is 13.6 Å². The summed E-state index contributed by atoms with van der Waals surface area (Å²) in [7, 11) is 1.49. The molecule has 0 atom stereocenters. The molecule has 1 N–H and O–H groups in total. The molecule has 1 saturated carbocycles. The number of nitrogens with zero attached hydrogens (tertiary/aromatic N) is 2. The zero-order valence-corrected chi connectivity index (χ0v) is 12.9. The molecule has 5 nitrogen and oxygen atoms in total. The van der Waals surface area contributed by atoms with E-state index >= 15 is 0 Å². The van der Waals surface area contributed by atoms with E-state index in [0.29, 0.717) is 24.3 Å². The van der Waals surface area contributed by atoms with Crippen LogP contribution in [-0.2, 0) is 4.79 Å². The van der Waals surface area contributed by atoms with Crippen LogP contribution in [-0.4, -0.2) is 28.9 Å². The van der Waals surface area contributed by atoms with E-state index in [4.69, 9.17) is 4.74 Å². The molecular formula is C16H19F2N3O2. The van der Waals surface area contributed by atoms with Gasteiger partial charge >= 0.3 is 0 Å². The van der Waals surface area contributed by atoms with Crippen molar-refractivity contribution in [1.29, 1.82) is 0 Å². The molecule has 1 aliphatic rings. The number of allylic oxidation sites excluding steroid dienone is 1. The van der Waals surface area contributed by atoms with Crippen LogP contribution < -0.4 is 10.1 Å². The Morgan fingerprint density at radius 2 is 2.17 bits per heavy atom. The van der Waals surface area contributed by atoms with E-state index in [2.05, 4.69) is 21.9 Å². The summed E-state index contributed by atoms with van der Waals surface area (Å²) in [6.07, 6.45) is 6.84. The highest BCUT2D eigenvalue weighted by atomic mass is 19.3. The Labute approximate surface area is 133 Å². The fourth-order valence-corrected chi connectivity index (χ4v) is 2.36. The van der Waals surface area contributed by atoms with Gasteiger partial charge in [0.15, 0.2) is 5.75 Å². The Kier molecular flexibility index (Phi) is 5.41. The topological polar surface area (TPSA) is 64.1 Å². The van der Waals surface area contributed by atoms with Crippen molar-refractivity contribution in [1.82, 2.24) is 9.97 Å². The molecule has 0 saturated heterocycles. The summed E-state index contributed by atoms with van der Waals surface area (Å²) >= 11 is 0. The van der Waals surface area contributed by atoms with Gasteiger partial charge in [-0.25, -0.2) is 18.7 Å². The van der Waals surface area contributed by atoms with Gasteiger partial charge in [0, 0.05) is 12.8 Å². The van der Waals surface area contributed by atoms with Crippen LogP contribution in [0.1, 0.15) is 31.4 Å². The maximum atomic E-state index is 13.2. The molecule has 1 heterocycles. The third kappa shape index (κ3) is 4.84. The number of aromatic nitrogens is 2. The second-order valence-electron chi connectivity index (χ2n) is 5.39. The Morgan fingerprint density at radius 3 is 2.78 bits per heavy atom. The van der Waals surface area contributed by atoms with Crippen LogP contribution in [0.4, 0.5) is 14.7 Å². The number of carbonyl (C=O) groups is 1. The molecule has 0 spiro atoms. The monoisotopic (exact) mass is 323 g/mol. The number of hydrogen-bond acceptors (Lipinski definition) is 4. The molecule has 124 valence electrons. The van der Waals surface area contributed by atoms with Gasteiger partial charge in [0.05, 0.1) is 13.3 Å². The summed E-state index contributed by atoms with van der Waals surface area (Å²) in [5, 5.41) is 2.46. The third-order valence-corrected chi connectivity index (χ3v) is 3.71. The van der Waals surface area contributed by atoms with Crippen molar-refractivity contribution >= 4 is 17.9 Å². The van der Waals surface area contributed by atoms with Crippen LogP contribution in [0, 0.1) is 5.92 Å². The first-order valence-corrected chi connectivity index (χ1v) is 7.34. The summed E-state index contributed by atoms with van der Waals surface area (Å²) < 4.78 is 31.5. The Balaban J connectivity index is 2.11. The zero-order valence-electron chi connectivity index (χ0n) is 12.9. The van der Waals surface area contributed by atoms with Crippen LogP contribution in [0.25, 0.3) is 6.08 Å². The van der Waals surface area contributed by atoms with Crippen molar-refractivity contribution < 1.29 is 18.3 Å². The summed E-state index contributed by atoms with van der Waals surface area (Å²) in [6.45, 7) is 3.35. The molecular weight excluding hydrogens is 304 g/mol. The first kappa shape index (κ1) is 17.1. The number of methoxy groups -OCH3 is 1. The quantitative estimate of drug-likeness (QED) is 0.843. The fraction of sp³-hybridized carbons (Fsp3) is 0.438. The summed E-state index contributed by atoms with van der Waals surface area (Å²) in [4.78, 5) is 19.4. The van der Waals surface area contributed by atoms with E-state index in [0.717, 1.165) is 6.08 Å². The molecule has 0 unspecified atom stereocenters. The van der Waals surface area contributed by atoms with Gasteiger partial charge < -0.3 is 4.74 Å². The summed E-state index contributed by atoms with van der Waals surface area (Å²) in [5.41, 5.74) is 0.485.